The van der Waals surface area contributed by atoms with Crippen molar-refractivity contribution in [2.75, 3.05) is 11.9 Å². The van der Waals surface area contributed by atoms with Crippen molar-refractivity contribution in [3.05, 3.63) is 29.3 Å². The zero-order chi connectivity index (χ0) is 16.4. The van der Waals surface area contributed by atoms with Crippen LogP contribution in [0.25, 0.3) is 0 Å². The SMILES string of the molecule is CCOC(=O)c1cccc(NC(=S)NC2CC3CCC2C3)c1C. The van der Waals surface area contributed by atoms with Gasteiger partial charge in [-0.15, -0.1) is 0 Å². The summed E-state index contributed by atoms with van der Waals surface area (Å²) in [6.07, 6.45) is 5.28. The van der Waals surface area contributed by atoms with Gasteiger partial charge < -0.3 is 15.4 Å². The molecule has 3 atom stereocenters. The normalized spacial score (nSPS) is 25.2. The second kappa shape index (κ2) is 6.87. The van der Waals surface area contributed by atoms with Gasteiger partial charge in [0.2, 0.25) is 0 Å². The summed E-state index contributed by atoms with van der Waals surface area (Å²) in [4.78, 5) is 12.0. The number of hydrogen-bond acceptors (Lipinski definition) is 3. The molecule has 4 nitrogen and oxygen atoms in total. The Labute approximate surface area is 143 Å². The van der Waals surface area contributed by atoms with Gasteiger partial charge in [-0.3, -0.25) is 0 Å². The highest BCUT2D eigenvalue weighted by atomic mass is 32.1. The lowest BCUT2D eigenvalue weighted by Crippen LogP contribution is -2.40. The third-order valence-corrected chi connectivity index (χ3v) is 5.35. The maximum atomic E-state index is 12.0. The summed E-state index contributed by atoms with van der Waals surface area (Å²) >= 11 is 5.47. The Morgan fingerprint density at radius 2 is 2.17 bits per heavy atom. The number of carbonyl (C=O) groups excluding carboxylic acids is 1. The molecule has 2 saturated carbocycles. The summed E-state index contributed by atoms with van der Waals surface area (Å²) in [6, 6.07) is 6.07. The van der Waals surface area contributed by atoms with E-state index in [1.165, 1.54) is 25.7 Å². The quantitative estimate of drug-likeness (QED) is 0.651. The lowest BCUT2D eigenvalue weighted by atomic mass is 9.95. The molecule has 124 valence electrons. The highest BCUT2D eigenvalue weighted by Crippen LogP contribution is 2.44. The molecule has 5 heteroatoms. The molecule has 0 amide bonds. The fourth-order valence-electron chi connectivity index (χ4n) is 3.95. The Morgan fingerprint density at radius 3 is 2.83 bits per heavy atom. The van der Waals surface area contributed by atoms with Crippen LogP contribution >= 0.6 is 12.2 Å². The van der Waals surface area contributed by atoms with Gasteiger partial charge in [-0.2, -0.15) is 0 Å². The number of hydrogen-bond donors (Lipinski definition) is 2. The van der Waals surface area contributed by atoms with Gasteiger partial charge in [0.05, 0.1) is 12.2 Å². The molecule has 1 aromatic carbocycles. The largest absolute Gasteiger partial charge is 0.462 e. The Hall–Kier alpha value is -1.62. The van der Waals surface area contributed by atoms with Crippen molar-refractivity contribution in [3.8, 4) is 0 Å². The lowest BCUT2D eigenvalue weighted by molar-refractivity contribution is 0.0525. The molecule has 0 spiro atoms. The van der Waals surface area contributed by atoms with Crippen molar-refractivity contribution >= 4 is 29.0 Å². The molecule has 23 heavy (non-hydrogen) atoms. The van der Waals surface area contributed by atoms with E-state index >= 15 is 0 Å². The number of thiocarbonyl (C=S) groups is 1. The molecule has 2 N–H and O–H groups in total. The summed E-state index contributed by atoms with van der Waals surface area (Å²) in [7, 11) is 0. The van der Waals surface area contributed by atoms with Crippen LogP contribution in [-0.2, 0) is 4.74 Å². The van der Waals surface area contributed by atoms with Crippen LogP contribution in [0.2, 0.25) is 0 Å². The molecule has 3 unspecified atom stereocenters. The fraction of sp³-hybridized carbons (Fsp3) is 0.556. The van der Waals surface area contributed by atoms with Crippen LogP contribution in [0.1, 0.15) is 48.5 Å². The van der Waals surface area contributed by atoms with E-state index in [0.29, 0.717) is 23.3 Å². The van der Waals surface area contributed by atoms with Crippen LogP contribution in [0, 0.1) is 18.8 Å². The van der Waals surface area contributed by atoms with Gasteiger partial charge in [0, 0.05) is 11.7 Å². The van der Waals surface area contributed by atoms with Gasteiger partial charge in [-0.05, 0) is 74.9 Å². The van der Waals surface area contributed by atoms with Crippen molar-refractivity contribution in [3.63, 3.8) is 0 Å². The molecular weight excluding hydrogens is 308 g/mol. The molecule has 2 aliphatic rings. The highest BCUT2D eigenvalue weighted by Gasteiger charge is 2.39. The van der Waals surface area contributed by atoms with Gasteiger partial charge in [-0.1, -0.05) is 12.5 Å². The van der Waals surface area contributed by atoms with Gasteiger partial charge in [0.25, 0.3) is 0 Å². The van der Waals surface area contributed by atoms with Crippen LogP contribution in [0.3, 0.4) is 0 Å². The van der Waals surface area contributed by atoms with Crippen LogP contribution in [-0.4, -0.2) is 23.7 Å². The Kier molecular flexibility index (Phi) is 4.85. The summed E-state index contributed by atoms with van der Waals surface area (Å²) in [6.45, 7) is 4.10. The molecular formula is C18H24N2O2S. The molecule has 0 aromatic heterocycles. The number of esters is 1. The molecule has 3 rings (SSSR count). The minimum Gasteiger partial charge on any atom is -0.462 e. The molecule has 2 fully saturated rings. The molecule has 0 heterocycles. The minimum atomic E-state index is -0.291. The first-order valence-electron chi connectivity index (χ1n) is 8.42. The van der Waals surface area contributed by atoms with Crippen molar-refractivity contribution in [1.82, 2.24) is 5.32 Å². The molecule has 0 radical (unpaired) electrons. The van der Waals surface area contributed by atoms with Gasteiger partial charge in [0.1, 0.15) is 0 Å². The second-order valence-electron chi connectivity index (χ2n) is 6.58. The second-order valence-corrected chi connectivity index (χ2v) is 6.99. The van der Waals surface area contributed by atoms with Gasteiger partial charge >= 0.3 is 5.97 Å². The maximum absolute atomic E-state index is 12.0. The molecule has 0 saturated heterocycles. The van der Waals surface area contributed by atoms with E-state index in [4.69, 9.17) is 17.0 Å². The summed E-state index contributed by atoms with van der Waals surface area (Å²) in [5.41, 5.74) is 2.30. The predicted molar refractivity (Wildman–Crippen MR) is 95.7 cm³/mol. The van der Waals surface area contributed by atoms with Crippen LogP contribution in [0.5, 0.6) is 0 Å². The monoisotopic (exact) mass is 332 g/mol. The van der Waals surface area contributed by atoms with E-state index in [1.54, 1.807) is 6.07 Å². The standard InChI is InChI=1S/C18H24N2O2S/c1-3-22-17(21)14-5-4-6-15(11(14)2)19-18(23)20-16-10-12-7-8-13(16)9-12/h4-6,12-13,16H,3,7-10H2,1-2H3,(H2,19,20,23). The van der Waals surface area contributed by atoms with Gasteiger partial charge in [0.15, 0.2) is 5.11 Å². The Morgan fingerprint density at radius 1 is 1.35 bits per heavy atom. The predicted octanol–water partition coefficient (Wildman–Crippen LogP) is 3.65. The fourth-order valence-corrected chi connectivity index (χ4v) is 4.21. The van der Waals surface area contributed by atoms with E-state index in [0.717, 1.165) is 23.1 Å². The Bertz CT molecular complexity index is 617. The number of carbonyl (C=O) groups is 1. The van der Waals surface area contributed by atoms with Crippen LogP contribution < -0.4 is 10.6 Å². The number of ether oxygens (including phenoxy) is 1. The Balaban J connectivity index is 1.64. The number of anilines is 1. The van der Waals surface area contributed by atoms with Crippen LogP contribution in [0.15, 0.2) is 18.2 Å². The maximum Gasteiger partial charge on any atom is 0.338 e. The average Bonchev–Trinajstić information content (AvgIpc) is 3.12. The van der Waals surface area contributed by atoms with E-state index in [-0.39, 0.29) is 5.97 Å². The summed E-state index contributed by atoms with van der Waals surface area (Å²) < 4.78 is 5.09. The van der Waals surface area contributed by atoms with Crippen molar-refractivity contribution in [2.45, 2.75) is 45.6 Å². The molecule has 0 aliphatic heterocycles. The minimum absolute atomic E-state index is 0.291. The first kappa shape index (κ1) is 16.2. The highest BCUT2D eigenvalue weighted by molar-refractivity contribution is 7.80. The number of benzene rings is 1. The molecule has 2 aliphatic carbocycles. The van der Waals surface area contributed by atoms with Crippen molar-refractivity contribution < 1.29 is 9.53 Å². The first-order valence-corrected chi connectivity index (χ1v) is 8.83. The van der Waals surface area contributed by atoms with E-state index in [1.807, 2.05) is 26.0 Å². The zero-order valence-corrected chi connectivity index (χ0v) is 14.5. The third kappa shape index (κ3) is 3.50. The third-order valence-electron chi connectivity index (χ3n) is 5.13. The smallest absolute Gasteiger partial charge is 0.338 e. The van der Waals surface area contributed by atoms with Gasteiger partial charge in [-0.25, -0.2) is 4.79 Å². The van der Waals surface area contributed by atoms with Crippen molar-refractivity contribution in [1.29, 1.82) is 0 Å². The average molecular weight is 332 g/mol. The number of fused-ring (bicyclic) bond motifs is 2. The number of rotatable bonds is 4. The van der Waals surface area contributed by atoms with Crippen molar-refractivity contribution in [2.24, 2.45) is 11.8 Å². The number of nitrogens with one attached hydrogen (secondary N) is 2. The zero-order valence-electron chi connectivity index (χ0n) is 13.7. The molecule has 2 bridgehead atoms. The lowest BCUT2D eigenvalue weighted by Gasteiger charge is -2.25. The summed E-state index contributed by atoms with van der Waals surface area (Å²) in [5.74, 6) is 1.36. The van der Waals surface area contributed by atoms with E-state index < -0.39 is 0 Å². The topological polar surface area (TPSA) is 50.4 Å². The van der Waals surface area contributed by atoms with Crippen LogP contribution in [0.4, 0.5) is 5.69 Å². The van der Waals surface area contributed by atoms with E-state index in [2.05, 4.69) is 10.6 Å². The summed E-state index contributed by atoms with van der Waals surface area (Å²) in [5, 5.41) is 7.36. The van der Waals surface area contributed by atoms with E-state index in [9.17, 15) is 4.79 Å². The molecule has 1 aromatic rings. The first-order chi connectivity index (χ1) is 11.1.